The summed E-state index contributed by atoms with van der Waals surface area (Å²) in [5.41, 5.74) is 1.55. The standard InChI is InChI=1S/C23H20N2O2S/c1-25(14-17-8-3-2-4-9-17)23(26)20-16-28-22(24-20)15-27-21-13-7-11-18-10-5-6-12-19(18)21/h2-13,16H,14-15H2,1H3. The first-order chi connectivity index (χ1) is 13.7. The van der Waals surface area contributed by atoms with Gasteiger partial charge in [0, 0.05) is 24.4 Å². The lowest BCUT2D eigenvalue weighted by Crippen LogP contribution is -2.26. The van der Waals surface area contributed by atoms with E-state index in [4.69, 9.17) is 4.74 Å². The quantitative estimate of drug-likeness (QED) is 0.459. The summed E-state index contributed by atoms with van der Waals surface area (Å²) in [7, 11) is 1.79. The predicted molar refractivity (Wildman–Crippen MR) is 113 cm³/mol. The van der Waals surface area contributed by atoms with Crippen LogP contribution in [0.3, 0.4) is 0 Å². The summed E-state index contributed by atoms with van der Waals surface area (Å²) in [6.07, 6.45) is 0. The molecule has 0 fully saturated rings. The van der Waals surface area contributed by atoms with Gasteiger partial charge in [-0.25, -0.2) is 4.98 Å². The molecule has 1 heterocycles. The van der Waals surface area contributed by atoms with E-state index in [0.29, 0.717) is 18.8 Å². The maximum Gasteiger partial charge on any atom is 0.273 e. The van der Waals surface area contributed by atoms with Crippen LogP contribution >= 0.6 is 11.3 Å². The number of ether oxygens (including phenoxy) is 1. The Hall–Kier alpha value is -3.18. The summed E-state index contributed by atoms with van der Waals surface area (Å²) in [6.45, 7) is 0.896. The summed E-state index contributed by atoms with van der Waals surface area (Å²) >= 11 is 1.44. The topological polar surface area (TPSA) is 42.4 Å². The van der Waals surface area contributed by atoms with Gasteiger partial charge in [0.2, 0.25) is 0 Å². The second-order valence-corrected chi connectivity index (χ2v) is 7.48. The van der Waals surface area contributed by atoms with Crippen molar-refractivity contribution in [2.24, 2.45) is 0 Å². The first kappa shape index (κ1) is 18.2. The highest BCUT2D eigenvalue weighted by Crippen LogP contribution is 2.26. The van der Waals surface area contributed by atoms with Crippen LogP contribution in [0.25, 0.3) is 10.8 Å². The van der Waals surface area contributed by atoms with E-state index in [1.807, 2.05) is 60.7 Å². The van der Waals surface area contributed by atoms with Gasteiger partial charge in [0.15, 0.2) is 0 Å². The second kappa shape index (κ2) is 8.23. The van der Waals surface area contributed by atoms with Gasteiger partial charge in [0.25, 0.3) is 5.91 Å². The Morgan fingerprint density at radius 1 is 1.00 bits per heavy atom. The molecule has 28 heavy (non-hydrogen) atoms. The summed E-state index contributed by atoms with van der Waals surface area (Å²) in [5.74, 6) is 0.735. The molecule has 4 aromatic rings. The number of amides is 1. The maximum absolute atomic E-state index is 12.6. The molecule has 0 aliphatic carbocycles. The highest BCUT2D eigenvalue weighted by molar-refractivity contribution is 7.09. The average Bonchev–Trinajstić information content (AvgIpc) is 3.21. The van der Waals surface area contributed by atoms with Crippen LogP contribution in [0.1, 0.15) is 21.1 Å². The Morgan fingerprint density at radius 2 is 1.75 bits per heavy atom. The number of fused-ring (bicyclic) bond motifs is 1. The summed E-state index contributed by atoms with van der Waals surface area (Å²) in [4.78, 5) is 18.8. The molecule has 0 aliphatic rings. The Kier molecular flexibility index (Phi) is 5.35. The van der Waals surface area contributed by atoms with E-state index >= 15 is 0 Å². The molecule has 5 heteroatoms. The van der Waals surface area contributed by atoms with E-state index in [0.717, 1.165) is 27.1 Å². The molecule has 0 saturated heterocycles. The Balaban J connectivity index is 1.42. The van der Waals surface area contributed by atoms with Crippen molar-refractivity contribution in [3.8, 4) is 5.75 Å². The number of carbonyl (C=O) groups excluding carboxylic acids is 1. The number of nitrogens with zero attached hydrogens (tertiary/aromatic N) is 2. The smallest absolute Gasteiger partial charge is 0.273 e. The number of thiazole rings is 1. The van der Waals surface area contributed by atoms with Crippen LogP contribution in [0.4, 0.5) is 0 Å². The van der Waals surface area contributed by atoms with Gasteiger partial charge in [-0.1, -0.05) is 66.7 Å². The van der Waals surface area contributed by atoms with E-state index in [9.17, 15) is 4.79 Å². The number of rotatable bonds is 6. The zero-order valence-electron chi connectivity index (χ0n) is 15.5. The van der Waals surface area contributed by atoms with Gasteiger partial charge in [-0.05, 0) is 17.0 Å². The Labute approximate surface area is 168 Å². The zero-order valence-corrected chi connectivity index (χ0v) is 16.4. The van der Waals surface area contributed by atoms with E-state index < -0.39 is 0 Å². The molecule has 4 nitrogen and oxygen atoms in total. The molecule has 1 aromatic heterocycles. The molecule has 0 aliphatic heterocycles. The summed E-state index contributed by atoms with van der Waals surface area (Å²) in [5, 5.41) is 4.79. The van der Waals surface area contributed by atoms with E-state index in [2.05, 4.69) is 17.1 Å². The van der Waals surface area contributed by atoms with Crippen LogP contribution in [0, 0.1) is 0 Å². The monoisotopic (exact) mass is 388 g/mol. The fourth-order valence-electron chi connectivity index (χ4n) is 3.06. The zero-order chi connectivity index (χ0) is 19.3. The number of carbonyl (C=O) groups is 1. The summed E-state index contributed by atoms with van der Waals surface area (Å²) in [6, 6.07) is 24.0. The fourth-order valence-corrected chi connectivity index (χ4v) is 3.74. The molecule has 0 N–H and O–H groups in total. The second-order valence-electron chi connectivity index (χ2n) is 6.54. The highest BCUT2D eigenvalue weighted by Gasteiger charge is 2.16. The number of hydrogen-bond acceptors (Lipinski definition) is 4. The van der Waals surface area contributed by atoms with E-state index in [1.54, 1.807) is 17.3 Å². The molecule has 0 spiro atoms. The third-order valence-corrected chi connectivity index (χ3v) is 5.30. The van der Waals surface area contributed by atoms with Gasteiger partial charge >= 0.3 is 0 Å². The third-order valence-electron chi connectivity index (χ3n) is 4.48. The fraction of sp³-hybridized carbons (Fsp3) is 0.130. The van der Waals surface area contributed by atoms with Crippen LogP contribution in [0.5, 0.6) is 5.75 Å². The maximum atomic E-state index is 12.6. The van der Waals surface area contributed by atoms with Crippen LogP contribution in [-0.4, -0.2) is 22.8 Å². The summed E-state index contributed by atoms with van der Waals surface area (Å²) < 4.78 is 5.98. The molecule has 0 radical (unpaired) electrons. The normalized spacial score (nSPS) is 10.8. The van der Waals surface area contributed by atoms with Gasteiger partial charge in [-0.2, -0.15) is 0 Å². The van der Waals surface area contributed by atoms with Crippen LogP contribution in [0.15, 0.2) is 78.2 Å². The predicted octanol–water partition coefficient (Wildman–Crippen LogP) is 5.15. The molecule has 140 valence electrons. The van der Waals surface area contributed by atoms with E-state index in [1.165, 1.54) is 11.3 Å². The number of aromatic nitrogens is 1. The largest absolute Gasteiger partial charge is 0.486 e. The lowest BCUT2D eigenvalue weighted by atomic mass is 10.1. The van der Waals surface area contributed by atoms with Crippen molar-refractivity contribution in [2.75, 3.05) is 7.05 Å². The van der Waals surface area contributed by atoms with Crippen LogP contribution in [-0.2, 0) is 13.2 Å². The van der Waals surface area contributed by atoms with Gasteiger partial charge in [0.05, 0.1) is 0 Å². The molecule has 3 aromatic carbocycles. The van der Waals surface area contributed by atoms with Crippen molar-refractivity contribution >= 4 is 28.0 Å². The van der Waals surface area contributed by atoms with Gasteiger partial charge in [-0.15, -0.1) is 11.3 Å². The van der Waals surface area contributed by atoms with Crippen molar-refractivity contribution < 1.29 is 9.53 Å². The van der Waals surface area contributed by atoms with Gasteiger partial charge < -0.3 is 9.64 Å². The van der Waals surface area contributed by atoms with Crippen molar-refractivity contribution in [3.05, 3.63) is 94.4 Å². The molecular weight excluding hydrogens is 368 g/mol. The molecule has 0 saturated carbocycles. The minimum atomic E-state index is -0.0866. The first-order valence-electron chi connectivity index (χ1n) is 9.05. The Bertz CT molecular complexity index is 1090. The average molecular weight is 388 g/mol. The third kappa shape index (κ3) is 4.05. The van der Waals surface area contributed by atoms with Crippen LogP contribution < -0.4 is 4.74 Å². The van der Waals surface area contributed by atoms with Crippen molar-refractivity contribution in [1.82, 2.24) is 9.88 Å². The molecular formula is C23H20N2O2S. The molecule has 1 amide bonds. The van der Waals surface area contributed by atoms with Gasteiger partial charge in [0.1, 0.15) is 23.1 Å². The highest BCUT2D eigenvalue weighted by atomic mass is 32.1. The lowest BCUT2D eigenvalue weighted by molar-refractivity contribution is 0.0779. The molecule has 0 bridgehead atoms. The number of benzene rings is 3. The molecule has 0 atom stereocenters. The molecule has 0 unspecified atom stereocenters. The number of hydrogen-bond donors (Lipinski definition) is 0. The lowest BCUT2D eigenvalue weighted by Gasteiger charge is -2.15. The van der Waals surface area contributed by atoms with Crippen LogP contribution in [0.2, 0.25) is 0 Å². The first-order valence-corrected chi connectivity index (χ1v) is 9.93. The SMILES string of the molecule is CN(Cc1ccccc1)C(=O)c1csc(COc2cccc3ccccc23)n1. The van der Waals surface area contributed by atoms with Gasteiger partial charge in [-0.3, -0.25) is 4.79 Å². The molecule has 4 rings (SSSR count). The van der Waals surface area contributed by atoms with Crippen molar-refractivity contribution in [3.63, 3.8) is 0 Å². The minimum Gasteiger partial charge on any atom is -0.486 e. The Morgan fingerprint density at radius 3 is 2.61 bits per heavy atom. The van der Waals surface area contributed by atoms with E-state index in [-0.39, 0.29) is 5.91 Å². The minimum absolute atomic E-state index is 0.0866. The van der Waals surface area contributed by atoms with Crippen molar-refractivity contribution in [1.29, 1.82) is 0 Å². The van der Waals surface area contributed by atoms with Crippen molar-refractivity contribution in [2.45, 2.75) is 13.2 Å².